The van der Waals surface area contributed by atoms with Gasteiger partial charge < -0.3 is 4.98 Å². The number of nitrogens with zero attached hydrogens (tertiary/aromatic N) is 3. The van der Waals surface area contributed by atoms with Gasteiger partial charge in [0.25, 0.3) is 0 Å². The second-order valence-electron chi connectivity index (χ2n) is 4.61. The van der Waals surface area contributed by atoms with Crippen molar-refractivity contribution in [3.63, 3.8) is 0 Å². The lowest BCUT2D eigenvalue weighted by molar-refractivity contribution is 0.464. The largest absolute Gasteiger partial charge is 0.339 e. The molecule has 3 rings (SSSR count). The molecule has 1 fully saturated rings. The van der Waals surface area contributed by atoms with E-state index >= 15 is 0 Å². The quantitative estimate of drug-likeness (QED) is 0.771. The van der Waals surface area contributed by atoms with E-state index in [1.54, 1.807) is 12.5 Å². The predicted octanol–water partition coefficient (Wildman–Crippen LogP) is 2.18. The highest BCUT2D eigenvalue weighted by Gasteiger charge is 2.33. The molecule has 4 heteroatoms. The van der Waals surface area contributed by atoms with Crippen molar-refractivity contribution in [2.75, 3.05) is 0 Å². The normalized spacial score (nSPS) is 19.8. The highest BCUT2D eigenvalue weighted by molar-refractivity contribution is 5.69. The molecule has 0 radical (unpaired) electrons. The van der Waals surface area contributed by atoms with Gasteiger partial charge in [-0.25, -0.2) is 15.0 Å². The van der Waals surface area contributed by atoms with Crippen LogP contribution in [-0.4, -0.2) is 19.9 Å². The summed E-state index contributed by atoms with van der Waals surface area (Å²) in [4.78, 5) is 16.0. The summed E-state index contributed by atoms with van der Waals surface area (Å²) in [7, 11) is 0. The topological polar surface area (TPSA) is 54.5 Å². The molecule has 15 heavy (non-hydrogen) atoms. The Morgan fingerprint density at radius 2 is 2.13 bits per heavy atom. The molecule has 0 bridgehead atoms. The van der Waals surface area contributed by atoms with Crippen molar-refractivity contribution in [1.29, 1.82) is 0 Å². The first-order valence-corrected chi connectivity index (χ1v) is 5.44. The van der Waals surface area contributed by atoms with E-state index in [1.807, 2.05) is 0 Å². The Hall–Kier alpha value is -1.45. The Morgan fingerprint density at radius 3 is 2.87 bits per heavy atom. The van der Waals surface area contributed by atoms with E-state index in [1.165, 1.54) is 25.7 Å². The van der Waals surface area contributed by atoms with Crippen molar-refractivity contribution in [3.05, 3.63) is 18.3 Å². The maximum absolute atomic E-state index is 4.56. The van der Waals surface area contributed by atoms with Gasteiger partial charge in [-0.2, -0.15) is 0 Å². The zero-order chi connectivity index (χ0) is 10.3. The first-order chi connectivity index (χ1) is 7.28. The van der Waals surface area contributed by atoms with Crippen LogP contribution in [0.5, 0.6) is 0 Å². The first-order valence-electron chi connectivity index (χ1n) is 5.44. The molecule has 1 aliphatic carbocycles. The lowest BCUT2D eigenvalue weighted by atomic mass is 9.88. The number of aromatic nitrogens is 4. The maximum Gasteiger partial charge on any atom is 0.180 e. The van der Waals surface area contributed by atoms with E-state index in [4.69, 9.17) is 0 Å². The van der Waals surface area contributed by atoms with Gasteiger partial charge in [0.1, 0.15) is 17.7 Å². The van der Waals surface area contributed by atoms with Crippen molar-refractivity contribution < 1.29 is 0 Å². The number of hydrogen-bond acceptors (Lipinski definition) is 3. The van der Waals surface area contributed by atoms with E-state index in [-0.39, 0.29) is 5.41 Å². The van der Waals surface area contributed by atoms with E-state index in [2.05, 4.69) is 26.9 Å². The second-order valence-corrected chi connectivity index (χ2v) is 4.61. The minimum atomic E-state index is 0.223. The molecule has 2 aromatic rings. The monoisotopic (exact) mass is 202 g/mol. The molecule has 4 nitrogen and oxygen atoms in total. The third kappa shape index (κ3) is 1.32. The fourth-order valence-corrected chi connectivity index (χ4v) is 2.44. The minimum absolute atomic E-state index is 0.223. The third-order valence-electron chi connectivity index (χ3n) is 3.44. The van der Waals surface area contributed by atoms with Gasteiger partial charge >= 0.3 is 0 Å². The number of H-pyrrole nitrogens is 1. The van der Waals surface area contributed by atoms with Crippen molar-refractivity contribution in [2.24, 2.45) is 0 Å². The molecule has 78 valence electrons. The lowest BCUT2D eigenvalue weighted by Gasteiger charge is -2.19. The second kappa shape index (κ2) is 3.02. The number of rotatable bonds is 1. The van der Waals surface area contributed by atoms with Crippen LogP contribution in [0.15, 0.2) is 12.5 Å². The highest BCUT2D eigenvalue weighted by atomic mass is 15.0. The average Bonchev–Trinajstić information content (AvgIpc) is 2.84. The summed E-state index contributed by atoms with van der Waals surface area (Å²) < 4.78 is 0. The zero-order valence-corrected chi connectivity index (χ0v) is 8.82. The van der Waals surface area contributed by atoms with Crippen LogP contribution in [0.1, 0.15) is 38.4 Å². The third-order valence-corrected chi connectivity index (χ3v) is 3.44. The van der Waals surface area contributed by atoms with Crippen LogP contribution in [0.25, 0.3) is 11.2 Å². The zero-order valence-electron chi connectivity index (χ0n) is 8.82. The van der Waals surface area contributed by atoms with Crippen molar-refractivity contribution >= 4 is 11.2 Å². The van der Waals surface area contributed by atoms with Crippen LogP contribution in [-0.2, 0) is 5.41 Å². The Bertz CT molecular complexity index is 449. The van der Waals surface area contributed by atoms with E-state index in [0.29, 0.717) is 0 Å². The molecule has 1 aliphatic rings. The van der Waals surface area contributed by atoms with E-state index in [0.717, 1.165) is 17.0 Å². The van der Waals surface area contributed by atoms with Crippen LogP contribution in [0, 0.1) is 0 Å². The van der Waals surface area contributed by atoms with Crippen LogP contribution < -0.4 is 0 Å². The summed E-state index contributed by atoms with van der Waals surface area (Å²) in [6.07, 6.45) is 8.39. The molecule has 0 aromatic carbocycles. The maximum atomic E-state index is 4.56. The summed E-state index contributed by atoms with van der Waals surface area (Å²) >= 11 is 0. The smallest absolute Gasteiger partial charge is 0.180 e. The summed E-state index contributed by atoms with van der Waals surface area (Å²) in [5.74, 6) is 1.08. The van der Waals surface area contributed by atoms with Crippen LogP contribution in [0.3, 0.4) is 0 Å². The van der Waals surface area contributed by atoms with Gasteiger partial charge in [-0.15, -0.1) is 0 Å². The Balaban J connectivity index is 2.11. The number of nitrogens with one attached hydrogen (secondary N) is 1. The molecular weight excluding hydrogens is 188 g/mol. The SMILES string of the molecule is CC1(c2nc3ncncc3[nH]2)CCCC1. The summed E-state index contributed by atoms with van der Waals surface area (Å²) in [6.45, 7) is 2.28. The van der Waals surface area contributed by atoms with Gasteiger partial charge in [-0.1, -0.05) is 19.8 Å². The first kappa shape index (κ1) is 8.83. The molecular formula is C11H14N4. The molecule has 1 N–H and O–H groups in total. The van der Waals surface area contributed by atoms with Crippen molar-refractivity contribution in [1.82, 2.24) is 19.9 Å². The fraction of sp³-hybridized carbons (Fsp3) is 0.545. The molecule has 0 spiro atoms. The molecule has 0 atom stereocenters. The van der Waals surface area contributed by atoms with Crippen molar-refractivity contribution in [2.45, 2.75) is 38.0 Å². The average molecular weight is 202 g/mol. The van der Waals surface area contributed by atoms with Gasteiger partial charge in [-0.3, -0.25) is 0 Å². The van der Waals surface area contributed by atoms with Crippen LogP contribution in [0.2, 0.25) is 0 Å². The molecule has 0 unspecified atom stereocenters. The van der Waals surface area contributed by atoms with E-state index in [9.17, 15) is 0 Å². The number of aromatic amines is 1. The minimum Gasteiger partial charge on any atom is -0.339 e. The molecule has 2 heterocycles. The number of imidazole rings is 1. The Labute approximate surface area is 88.2 Å². The lowest BCUT2D eigenvalue weighted by Crippen LogP contribution is -2.18. The van der Waals surface area contributed by atoms with Crippen LogP contribution in [0.4, 0.5) is 0 Å². The van der Waals surface area contributed by atoms with Gasteiger partial charge in [0.2, 0.25) is 0 Å². The van der Waals surface area contributed by atoms with E-state index < -0.39 is 0 Å². The van der Waals surface area contributed by atoms with Crippen LogP contribution >= 0.6 is 0 Å². The Morgan fingerprint density at radius 1 is 1.33 bits per heavy atom. The number of fused-ring (bicyclic) bond motifs is 1. The number of hydrogen-bond donors (Lipinski definition) is 1. The summed E-state index contributed by atoms with van der Waals surface area (Å²) in [5, 5.41) is 0. The van der Waals surface area contributed by atoms with Gasteiger partial charge in [0.15, 0.2) is 5.65 Å². The summed E-state index contributed by atoms with van der Waals surface area (Å²) in [5.41, 5.74) is 1.95. The molecule has 0 amide bonds. The van der Waals surface area contributed by atoms with Gasteiger partial charge in [0.05, 0.1) is 6.20 Å². The predicted molar refractivity (Wildman–Crippen MR) is 57.5 cm³/mol. The van der Waals surface area contributed by atoms with Gasteiger partial charge in [-0.05, 0) is 12.8 Å². The molecule has 2 aromatic heterocycles. The standard InChI is InChI=1S/C11H14N4/c1-11(4-2-3-5-11)10-14-8-6-12-7-13-9(8)15-10/h6-7H,2-5H2,1H3,(H,12,13,14,15). The fourth-order valence-electron chi connectivity index (χ4n) is 2.44. The van der Waals surface area contributed by atoms with Gasteiger partial charge in [0, 0.05) is 5.41 Å². The molecule has 0 saturated heterocycles. The molecule has 1 saturated carbocycles. The Kier molecular flexibility index (Phi) is 1.78. The van der Waals surface area contributed by atoms with Crippen molar-refractivity contribution in [3.8, 4) is 0 Å². The summed E-state index contributed by atoms with van der Waals surface area (Å²) in [6, 6.07) is 0. The molecule has 0 aliphatic heterocycles. The highest BCUT2D eigenvalue weighted by Crippen LogP contribution is 2.39.